The number of β-amino-alcohol motifs (C(OH)–C–C–N with tert-alkyl or cyclic N) is 1. The zero-order valence-electron chi connectivity index (χ0n) is 42.7. The molecule has 0 unspecified atom stereocenters. The van der Waals surface area contributed by atoms with Crippen LogP contribution in [0.4, 0.5) is 28.8 Å². The van der Waals surface area contributed by atoms with Crippen molar-refractivity contribution in [1.82, 2.24) is 35.4 Å². The Morgan fingerprint density at radius 2 is 1.63 bits per heavy atom. The largest absolute Gasteiger partial charge is 0.494 e. The zero-order chi connectivity index (χ0) is 52.5. The first-order chi connectivity index (χ1) is 34.8. The molecule has 2 saturated heterocycles. The normalized spacial score (nSPS) is 16.5. The molecular formula is C53H68ClN10O7PS. The van der Waals surface area contributed by atoms with Gasteiger partial charge in [-0.15, -0.1) is 11.3 Å². The summed E-state index contributed by atoms with van der Waals surface area (Å²) in [6.07, 6.45) is 4.23. The number of aromatic nitrogens is 3. The van der Waals surface area contributed by atoms with Gasteiger partial charge in [-0.3, -0.25) is 19.2 Å². The van der Waals surface area contributed by atoms with Crippen molar-refractivity contribution in [3.63, 3.8) is 0 Å². The molecule has 0 aliphatic carbocycles. The van der Waals surface area contributed by atoms with E-state index in [0.717, 1.165) is 40.2 Å². The number of halogens is 1. The van der Waals surface area contributed by atoms with E-state index in [4.69, 9.17) is 16.3 Å². The van der Waals surface area contributed by atoms with Crippen LogP contribution >= 0.6 is 30.1 Å². The average Bonchev–Trinajstić information content (AvgIpc) is 3.99. The standard InChI is InChI=1S/C53H68ClN10O7PS/c1-34-47(73-33-57-34)36-20-18-35(19-21-36)30-55-50(68)42-29-38(65)32-64(42)51(69)48(53(2,3)4)60-45(66)16-10-8-9-11-17-46(67)63-26-24-62(25-27-63)37-22-23-40(43(28-37)71-5)59-52-56-31-39(54)49(61-52)58-41-14-12-13-15-44(41)72(6,7)70/h12-15,18-23,28,31,33,38,42,48,65H,8-11,16-17,24-27,29-30,32H2,1-7H3,(H,55,68)(H,60,66)(H2,56,58,59,61)/t38-,42+,48-/m1/s1. The van der Waals surface area contributed by atoms with Crippen LogP contribution in [0.15, 0.2) is 78.4 Å². The number of hydrogen-bond acceptors (Lipinski definition) is 14. The Labute approximate surface area is 437 Å². The molecule has 0 radical (unpaired) electrons. The lowest BCUT2D eigenvalue weighted by Crippen LogP contribution is -2.57. The number of amides is 4. The summed E-state index contributed by atoms with van der Waals surface area (Å²) in [6, 6.07) is 19.3. The van der Waals surface area contributed by atoms with Crippen LogP contribution in [0.5, 0.6) is 5.75 Å². The molecule has 0 saturated carbocycles. The van der Waals surface area contributed by atoms with Gasteiger partial charge in [-0.1, -0.05) is 81.6 Å². The van der Waals surface area contributed by atoms with E-state index in [2.05, 4.69) is 41.1 Å². The first kappa shape index (κ1) is 54.7. The second-order valence-corrected chi connectivity index (χ2v) is 24.6. The minimum absolute atomic E-state index is 0.00428. The molecule has 0 bridgehead atoms. The van der Waals surface area contributed by atoms with Gasteiger partial charge >= 0.3 is 0 Å². The molecule has 3 atom stereocenters. The van der Waals surface area contributed by atoms with Crippen molar-refractivity contribution in [3.8, 4) is 16.2 Å². The number of aliphatic hydroxyl groups excluding tert-OH is 1. The zero-order valence-corrected chi connectivity index (χ0v) is 45.2. The molecule has 2 fully saturated rings. The number of nitrogens with zero attached hydrogens (tertiary/aromatic N) is 6. The summed E-state index contributed by atoms with van der Waals surface area (Å²) < 4.78 is 18.7. The van der Waals surface area contributed by atoms with Crippen molar-refractivity contribution in [2.45, 2.75) is 97.4 Å². The highest BCUT2D eigenvalue weighted by Crippen LogP contribution is 2.39. The van der Waals surface area contributed by atoms with Crippen LogP contribution in [0.3, 0.4) is 0 Å². The van der Waals surface area contributed by atoms with Crippen LogP contribution in [-0.2, 0) is 30.3 Å². The lowest BCUT2D eigenvalue weighted by atomic mass is 9.85. The first-order valence-electron chi connectivity index (χ1n) is 24.8. The average molecular weight is 1060 g/mol. The number of likely N-dealkylation sites (tertiary alicyclic amines) is 1. The molecule has 390 valence electrons. The highest BCUT2D eigenvalue weighted by Gasteiger charge is 2.44. The van der Waals surface area contributed by atoms with Crippen LogP contribution in [0, 0.1) is 12.3 Å². The third kappa shape index (κ3) is 14.4. The quantitative estimate of drug-likeness (QED) is 0.0369. The highest BCUT2D eigenvalue weighted by molar-refractivity contribution is 7.70. The van der Waals surface area contributed by atoms with Crippen molar-refractivity contribution < 1.29 is 33.6 Å². The number of benzene rings is 3. The maximum atomic E-state index is 14.1. The van der Waals surface area contributed by atoms with Gasteiger partial charge in [0.2, 0.25) is 29.6 Å². The van der Waals surface area contributed by atoms with Crippen LogP contribution in [-0.4, -0.2) is 125 Å². The number of aryl methyl sites for hydroxylation is 1. The summed E-state index contributed by atoms with van der Waals surface area (Å²) in [5.74, 6) is 0.337. The molecule has 20 heteroatoms. The van der Waals surface area contributed by atoms with Crippen molar-refractivity contribution in [2.24, 2.45) is 5.41 Å². The summed E-state index contributed by atoms with van der Waals surface area (Å²) in [7, 11) is -0.986. The number of carbonyl (C=O) groups excluding carboxylic acids is 4. The minimum atomic E-state index is -2.58. The van der Waals surface area contributed by atoms with Gasteiger partial charge in [-0.25, -0.2) is 9.97 Å². The number of anilines is 5. The smallest absolute Gasteiger partial charge is 0.246 e. The SMILES string of the molecule is COc1cc(N2CCN(C(=O)CCCCCCC(=O)N[C@H](C(=O)N3C[C@H](O)C[C@H]3C(=O)NCc3ccc(-c4scnc4C)cc3)C(C)(C)C)CC2)ccc1Nc1ncc(Cl)c(Nc2ccccc2P(C)(C)=O)n1. The Kier molecular flexibility index (Phi) is 18.2. The number of nitrogens with one attached hydrogen (secondary N) is 4. The predicted molar refractivity (Wildman–Crippen MR) is 290 cm³/mol. The van der Waals surface area contributed by atoms with E-state index in [1.807, 2.05) is 105 Å². The van der Waals surface area contributed by atoms with E-state index in [0.29, 0.717) is 84.7 Å². The number of para-hydroxylation sites is 1. The van der Waals surface area contributed by atoms with Crippen molar-refractivity contribution >= 4 is 87.8 Å². The highest BCUT2D eigenvalue weighted by atomic mass is 35.5. The van der Waals surface area contributed by atoms with Gasteiger partial charge in [0.15, 0.2) is 5.82 Å². The van der Waals surface area contributed by atoms with E-state index < -0.39 is 36.7 Å². The number of carbonyl (C=O) groups is 4. The van der Waals surface area contributed by atoms with E-state index in [-0.39, 0.29) is 43.7 Å². The summed E-state index contributed by atoms with van der Waals surface area (Å²) in [6.45, 7) is 13.8. The molecule has 5 N–H and O–H groups in total. The molecule has 17 nitrogen and oxygen atoms in total. The third-order valence-corrected chi connectivity index (χ3v) is 16.0. The molecular weight excluding hydrogens is 987 g/mol. The molecule has 0 spiro atoms. The number of rotatable bonds is 20. The predicted octanol–water partition coefficient (Wildman–Crippen LogP) is 8.10. The Bertz CT molecular complexity index is 2790. The number of thiazole rings is 1. The molecule has 3 aromatic carbocycles. The first-order valence-corrected chi connectivity index (χ1v) is 28.6. The fourth-order valence-corrected chi connectivity index (χ4v) is 11.2. The second kappa shape index (κ2) is 24.3. The van der Waals surface area contributed by atoms with Crippen molar-refractivity contribution in [2.75, 3.05) is 68.7 Å². The van der Waals surface area contributed by atoms with Crippen molar-refractivity contribution in [1.29, 1.82) is 0 Å². The summed E-state index contributed by atoms with van der Waals surface area (Å²) in [5, 5.41) is 24.0. The topological polar surface area (TPSA) is 211 Å². The molecule has 2 aromatic heterocycles. The Morgan fingerprint density at radius 3 is 2.30 bits per heavy atom. The second-order valence-electron chi connectivity index (χ2n) is 20.1. The number of ether oxygens (including phenoxy) is 1. The van der Waals surface area contributed by atoms with Gasteiger partial charge in [0, 0.05) is 75.6 Å². The maximum absolute atomic E-state index is 14.1. The molecule has 4 amide bonds. The number of methoxy groups -OCH3 is 1. The number of aliphatic hydroxyl groups is 1. The molecule has 7 rings (SSSR count). The van der Waals surface area contributed by atoms with Crippen molar-refractivity contribution in [3.05, 3.63) is 94.7 Å². The monoisotopic (exact) mass is 1050 g/mol. The van der Waals surface area contributed by atoms with E-state index >= 15 is 0 Å². The molecule has 2 aliphatic rings. The molecule has 5 aromatic rings. The fraction of sp³-hybridized carbons (Fsp3) is 0.453. The van der Waals surface area contributed by atoms with Crippen LogP contribution in [0.1, 0.15) is 77.0 Å². The maximum Gasteiger partial charge on any atom is 0.246 e. The Balaban J connectivity index is 0.818. The van der Waals surface area contributed by atoms with Gasteiger partial charge in [0.1, 0.15) is 30.0 Å². The number of unbranched alkanes of at least 4 members (excludes halogenated alkanes) is 3. The molecule has 4 heterocycles. The number of piperazine rings is 1. The summed E-state index contributed by atoms with van der Waals surface area (Å²) >= 11 is 8.05. The Hall–Kier alpha value is -6.07. The van der Waals surface area contributed by atoms with Gasteiger partial charge in [-0.2, -0.15) is 4.98 Å². The van der Waals surface area contributed by atoms with Gasteiger partial charge < -0.3 is 50.4 Å². The minimum Gasteiger partial charge on any atom is -0.494 e. The van der Waals surface area contributed by atoms with Crippen LogP contribution < -0.4 is 36.2 Å². The van der Waals surface area contributed by atoms with Gasteiger partial charge in [0.25, 0.3) is 0 Å². The third-order valence-electron chi connectivity index (χ3n) is 13.2. The van der Waals surface area contributed by atoms with Crippen LogP contribution in [0.2, 0.25) is 5.02 Å². The van der Waals surface area contributed by atoms with E-state index in [1.165, 1.54) is 11.1 Å². The van der Waals surface area contributed by atoms with Gasteiger partial charge in [-0.05, 0) is 73.9 Å². The van der Waals surface area contributed by atoms with E-state index in [1.54, 1.807) is 31.8 Å². The Morgan fingerprint density at radius 1 is 0.918 bits per heavy atom. The summed E-state index contributed by atoms with van der Waals surface area (Å²) in [4.78, 5) is 74.0. The summed E-state index contributed by atoms with van der Waals surface area (Å²) in [5.41, 5.74) is 6.33. The molecule has 73 heavy (non-hydrogen) atoms. The van der Waals surface area contributed by atoms with E-state index in [9.17, 15) is 28.8 Å². The lowest BCUT2D eigenvalue weighted by molar-refractivity contribution is -0.144. The number of hydrogen-bond donors (Lipinski definition) is 5. The fourth-order valence-electron chi connectivity index (χ4n) is 9.09. The van der Waals surface area contributed by atoms with Crippen LogP contribution in [0.25, 0.3) is 10.4 Å². The lowest BCUT2D eigenvalue weighted by Gasteiger charge is -2.36. The molecule has 2 aliphatic heterocycles. The van der Waals surface area contributed by atoms with Gasteiger partial charge in [0.05, 0.1) is 46.9 Å².